The molecule has 3 aliphatic rings. The maximum atomic E-state index is 13.3. The lowest BCUT2D eigenvalue weighted by Crippen LogP contribution is -2.47. The van der Waals surface area contributed by atoms with Crippen molar-refractivity contribution in [3.63, 3.8) is 0 Å². The van der Waals surface area contributed by atoms with E-state index < -0.39 is 20.6 Å². The van der Waals surface area contributed by atoms with Gasteiger partial charge in [-0.05, 0) is 45.4 Å². The van der Waals surface area contributed by atoms with Crippen LogP contribution in [-0.4, -0.2) is 76.4 Å². The van der Waals surface area contributed by atoms with E-state index in [9.17, 15) is 18.0 Å². The molecule has 1 amide bonds. The Morgan fingerprint density at radius 3 is 2.66 bits per heavy atom. The highest BCUT2D eigenvalue weighted by molar-refractivity contribution is 7.94. The number of ether oxygens (including phenoxy) is 1. The van der Waals surface area contributed by atoms with Crippen molar-refractivity contribution >= 4 is 21.7 Å². The van der Waals surface area contributed by atoms with Gasteiger partial charge in [0.1, 0.15) is 5.69 Å². The van der Waals surface area contributed by atoms with E-state index in [0.29, 0.717) is 50.0 Å². The van der Waals surface area contributed by atoms with Gasteiger partial charge >= 0.3 is 5.97 Å². The van der Waals surface area contributed by atoms with Crippen LogP contribution in [0.3, 0.4) is 0 Å². The monoisotopic (exact) mass is 425 g/mol. The van der Waals surface area contributed by atoms with Gasteiger partial charge in [0.2, 0.25) is 0 Å². The van der Waals surface area contributed by atoms with Crippen LogP contribution in [0.4, 0.5) is 0 Å². The lowest BCUT2D eigenvalue weighted by molar-refractivity contribution is 0.0517. The lowest BCUT2D eigenvalue weighted by atomic mass is 10.0. The molecule has 1 aromatic heterocycles. The molecule has 0 saturated heterocycles. The molecule has 2 fully saturated rings. The summed E-state index contributed by atoms with van der Waals surface area (Å²) in [4.78, 5) is 27.2. The van der Waals surface area contributed by atoms with E-state index in [0.717, 1.165) is 12.8 Å². The van der Waals surface area contributed by atoms with E-state index in [1.54, 1.807) is 11.8 Å². The van der Waals surface area contributed by atoms with Crippen molar-refractivity contribution < 1.29 is 27.9 Å². The van der Waals surface area contributed by atoms with Gasteiger partial charge in [0, 0.05) is 31.8 Å². The molecule has 160 valence electrons. The SMILES string of the molecule is CCOC(=O)c1nn(CCCO)c2c1CCN(CC1(S(=O)(=O)C3CC3)CC1)C2=O. The fraction of sp³-hybridized carbons (Fsp3) is 0.737. The Morgan fingerprint density at radius 2 is 2.07 bits per heavy atom. The number of carbonyl (C=O) groups is 2. The average Bonchev–Trinajstić information content (AvgIpc) is 3.60. The number of aliphatic hydroxyl groups excluding tert-OH is 1. The molecule has 0 spiro atoms. The average molecular weight is 426 g/mol. The largest absolute Gasteiger partial charge is 0.461 e. The normalized spacial score (nSPS) is 20.5. The predicted molar refractivity (Wildman–Crippen MR) is 103 cm³/mol. The summed E-state index contributed by atoms with van der Waals surface area (Å²) in [6, 6.07) is 0. The van der Waals surface area contributed by atoms with E-state index in [-0.39, 0.29) is 36.6 Å². The summed E-state index contributed by atoms with van der Waals surface area (Å²) in [5.74, 6) is -0.868. The molecule has 0 radical (unpaired) electrons. The molecule has 1 aliphatic heterocycles. The van der Waals surface area contributed by atoms with Crippen molar-refractivity contribution in [1.82, 2.24) is 14.7 Å². The summed E-state index contributed by atoms with van der Waals surface area (Å²) in [6.07, 6.45) is 3.45. The van der Waals surface area contributed by atoms with Gasteiger partial charge in [-0.25, -0.2) is 13.2 Å². The Hall–Kier alpha value is -1.94. The first-order valence-corrected chi connectivity index (χ1v) is 11.8. The summed E-state index contributed by atoms with van der Waals surface area (Å²) in [7, 11) is -3.22. The molecule has 2 aliphatic carbocycles. The highest BCUT2D eigenvalue weighted by Gasteiger charge is 2.60. The van der Waals surface area contributed by atoms with Crippen molar-refractivity contribution in [2.24, 2.45) is 0 Å². The molecule has 4 rings (SSSR count). The lowest BCUT2D eigenvalue weighted by Gasteiger charge is -2.31. The second-order valence-electron chi connectivity index (χ2n) is 8.10. The van der Waals surface area contributed by atoms with Crippen LogP contribution in [0.15, 0.2) is 0 Å². The second-order valence-corrected chi connectivity index (χ2v) is 10.7. The number of aryl methyl sites for hydroxylation is 1. The zero-order valence-electron chi connectivity index (χ0n) is 16.6. The third kappa shape index (κ3) is 3.46. The molecular weight excluding hydrogens is 398 g/mol. The molecule has 2 heterocycles. The van der Waals surface area contributed by atoms with Gasteiger partial charge in [-0.3, -0.25) is 9.48 Å². The number of fused-ring (bicyclic) bond motifs is 1. The van der Waals surface area contributed by atoms with Crippen LogP contribution in [0.2, 0.25) is 0 Å². The smallest absolute Gasteiger partial charge is 0.359 e. The van der Waals surface area contributed by atoms with Gasteiger partial charge < -0.3 is 14.7 Å². The predicted octanol–water partition coefficient (Wildman–Crippen LogP) is 0.550. The van der Waals surface area contributed by atoms with E-state index in [4.69, 9.17) is 9.84 Å². The Kier molecular flexibility index (Phi) is 5.18. The minimum atomic E-state index is -3.22. The number of carbonyl (C=O) groups excluding carboxylic acids is 2. The maximum absolute atomic E-state index is 13.3. The van der Waals surface area contributed by atoms with Crippen LogP contribution in [0, 0.1) is 0 Å². The minimum Gasteiger partial charge on any atom is -0.461 e. The van der Waals surface area contributed by atoms with Crippen LogP contribution in [0.1, 0.15) is 65.6 Å². The van der Waals surface area contributed by atoms with Gasteiger partial charge in [0.25, 0.3) is 5.91 Å². The Labute approximate surface area is 169 Å². The minimum absolute atomic E-state index is 0.0655. The molecule has 0 unspecified atom stereocenters. The topological polar surface area (TPSA) is 119 Å². The Morgan fingerprint density at radius 1 is 1.34 bits per heavy atom. The van der Waals surface area contributed by atoms with Crippen molar-refractivity contribution in [2.75, 3.05) is 26.3 Å². The molecule has 9 nitrogen and oxygen atoms in total. The fourth-order valence-electron chi connectivity index (χ4n) is 4.12. The quantitative estimate of drug-likeness (QED) is 0.574. The Bertz CT molecular complexity index is 930. The van der Waals surface area contributed by atoms with Gasteiger partial charge in [-0.15, -0.1) is 0 Å². The molecule has 0 aromatic carbocycles. The van der Waals surface area contributed by atoms with Gasteiger partial charge in [0.05, 0.1) is 16.6 Å². The number of sulfone groups is 1. The fourth-order valence-corrected chi connectivity index (χ4v) is 6.59. The number of aromatic nitrogens is 2. The third-order valence-electron chi connectivity index (χ3n) is 6.02. The number of esters is 1. The first-order chi connectivity index (χ1) is 13.8. The summed E-state index contributed by atoms with van der Waals surface area (Å²) in [6.45, 7) is 2.69. The summed E-state index contributed by atoms with van der Waals surface area (Å²) < 4.78 is 31.4. The van der Waals surface area contributed by atoms with Gasteiger partial charge in [-0.1, -0.05) is 0 Å². The molecule has 0 atom stereocenters. The third-order valence-corrected chi connectivity index (χ3v) is 9.12. The van der Waals surface area contributed by atoms with Crippen LogP contribution in [0.5, 0.6) is 0 Å². The molecule has 29 heavy (non-hydrogen) atoms. The first-order valence-electron chi connectivity index (χ1n) is 10.2. The molecular formula is C19H27N3O6S. The number of hydrogen-bond donors (Lipinski definition) is 1. The summed E-state index contributed by atoms with van der Waals surface area (Å²) in [5.41, 5.74) is 1.00. The van der Waals surface area contributed by atoms with Gasteiger partial charge in [-0.2, -0.15) is 5.10 Å². The second kappa shape index (κ2) is 7.39. The van der Waals surface area contributed by atoms with Crippen LogP contribution in [-0.2, 0) is 27.5 Å². The first kappa shape index (κ1) is 20.3. The number of rotatable bonds is 9. The Balaban J connectivity index is 1.61. The molecule has 2 saturated carbocycles. The molecule has 1 aromatic rings. The molecule has 0 bridgehead atoms. The number of nitrogens with zero attached hydrogens (tertiary/aromatic N) is 3. The number of hydrogen-bond acceptors (Lipinski definition) is 7. The standard InChI is InChI=1S/C19H27N3O6S/c1-2-28-18(25)15-14-6-10-21(17(24)16(14)22(20-15)9-3-11-23)12-19(7-8-19)29(26,27)13-4-5-13/h13,23H,2-12H2,1H3. The summed E-state index contributed by atoms with van der Waals surface area (Å²) >= 11 is 0. The van der Waals surface area contributed by atoms with Crippen molar-refractivity contribution in [3.8, 4) is 0 Å². The molecule has 1 N–H and O–H groups in total. The van der Waals surface area contributed by atoms with E-state index >= 15 is 0 Å². The van der Waals surface area contributed by atoms with Crippen molar-refractivity contribution in [2.45, 2.75) is 62.0 Å². The van der Waals surface area contributed by atoms with Gasteiger partial charge in [0.15, 0.2) is 15.5 Å². The highest BCUT2D eigenvalue weighted by Crippen LogP contribution is 2.50. The van der Waals surface area contributed by atoms with Crippen molar-refractivity contribution in [1.29, 1.82) is 0 Å². The highest BCUT2D eigenvalue weighted by atomic mass is 32.2. The zero-order valence-corrected chi connectivity index (χ0v) is 17.4. The molecule has 10 heteroatoms. The van der Waals surface area contributed by atoms with E-state index in [1.807, 2.05) is 0 Å². The summed E-state index contributed by atoms with van der Waals surface area (Å²) in [5, 5.41) is 13.2. The maximum Gasteiger partial charge on any atom is 0.359 e. The van der Waals surface area contributed by atoms with Crippen LogP contribution in [0.25, 0.3) is 0 Å². The van der Waals surface area contributed by atoms with E-state index in [1.165, 1.54) is 4.68 Å². The van der Waals surface area contributed by atoms with Crippen LogP contribution >= 0.6 is 0 Å². The number of aliphatic hydroxyl groups is 1. The van der Waals surface area contributed by atoms with E-state index in [2.05, 4.69) is 5.10 Å². The number of amides is 1. The van der Waals surface area contributed by atoms with Crippen molar-refractivity contribution in [3.05, 3.63) is 17.0 Å². The van der Waals surface area contributed by atoms with Crippen LogP contribution < -0.4 is 0 Å². The zero-order chi connectivity index (χ0) is 20.8.